The number of carbonyl (C=O) groups excluding carboxylic acids is 1. The van der Waals surface area contributed by atoms with E-state index in [1.165, 1.54) is 21.9 Å². The van der Waals surface area contributed by atoms with Gasteiger partial charge < -0.3 is 10.6 Å². The first-order valence-corrected chi connectivity index (χ1v) is 7.76. The number of carbonyl (C=O) groups is 1. The monoisotopic (exact) mass is 284 g/mol. The summed E-state index contributed by atoms with van der Waals surface area (Å²) in [6, 6.07) is 12.9. The molecule has 2 rings (SSSR count). The van der Waals surface area contributed by atoms with E-state index in [-0.39, 0.29) is 6.03 Å². The Hall–Kier alpha value is -2.03. The summed E-state index contributed by atoms with van der Waals surface area (Å²) in [6.45, 7) is 5.59. The van der Waals surface area contributed by atoms with Gasteiger partial charge in [0, 0.05) is 13.1 Å². The van der Waals surface area contributed by atoms with Crippen LogP contribution in [0.3, 0.4) is 0 Å². The van der Waals surface area contributed by atoms with E-state index in [9.17, 15) is 4.79 Å². The zero-order valence-corrected chi connectivity index (χ0v) is 12.9. The molecule has 0 fully saturated rings. The number of rotatable bonds is 6. The zero-order valence-electron chi connectivity index (χ0n) is 12.9. The molecule has 21 heavy (non-hydrogen) atoms. The Morgan fingerprint density at radius 2 is 1.86 bits per heavy atom. The van der Waals surface area contributed by atoms with E-state index in [0.717, 1.165) is 25.8 Å². The second-order valence-corrected chi connectivity index (χ2v) is 5.26. The van der Waals surface area contributed by atoms with Crippen LogP contribution in [-0.4, -0.2) is 19.1 Å². The predicted molar refractivity (Wildman–Crippen MR) is 88.7 cm³/mol. The molecule has 0 saturated heterocycles. The summed E-state index contributed by atoms with van der Waals surface area (Å²) in [4.78, 5) is 11.5. The van der Waals surface area contributed by atoms with E-state index < -0.39 is 0 Å². The molecule has 0 unspecified atom stereocenters. The molecular weight excluding hydrogens is 260 g/mol. The molecular formula is C18H24N2O. The van der Waals surface area contributed by atoms with Crippen molar-refractivity contribution in [3.05, 3.63) is 47.5 Å². The topological polar surface area (TPSA) is 41.1 Å². The number of amides is 2. The number of nitrogens with one attached hydrogen (secondary N) is 2. The largest absolute Gasteiger partial charge is 0.338 e. The number of aryl methyl sites for hydroxylation is 1. The van der Waals surface area contributed by atoms with Crippen LogP contribution in [0.4, 0.5) is 4.79 Å². The average molecular weight is 284 g/mol. The molecule has 0 aliphatic carbocycles. The van der Waals surface area contributed by atoms with Gasteiger partial charge in [-0.25, -0.2) is 4.79 Å². The molecule has 0 saturated carbocycles. The molecule has 0 radical (unpaired) electrons. The van der Waals surface area contributed by atoms with Gasteiger partial charge in [0.05, 0.1) is 0 Å². The van der Waals surface area contributed by atoms with Crippen molar-refractivity contribution < 1.29 is 4.79 Å². The van der Waals surface area contributed by atoms with Crippen LogP contribution in [0.5, 0.6) is 0 Å². The lowest BCUT2D eigenvalue weighted by Gasteiger charge is -2.10. The summed E-state index contributed by atoms with van der Waals surface area (Å²) in [7, 11) is 0. The number of hydrogen-bond donors (Lipinski definition) is 2. The van der Waals surface area contributed by atoms with Crippen molar-refractivity contribution >= 4 is 16.8 Å². The highest BCUT2D eigenvalue weighted by Crippen LogP contribution is 2.21. The maximum absolute atomic E-state index is 11.5. The van der Waals surface area contributed by atoms with Crippen molar-refractivity contribution in [2.24, 2.45) is 0 Å². The molecule has 0 aliphatic heterocycles. The number of fused-ring (bicyclic) bond motifs is 1. The molecule has 0 aliphatic rings. The minimum absolute atomic E-state index is 0.0775. The molecule has 3 heteroatoms. The van der Waals surface area contributed by atoms with Crippen molar-refractivity contribution in [1.29, 1.82) is 0 Å². The third kappa shape index (κ3) is 4.22. The third-order valence-corrected chi connectivity index (χ3v) is 3.66. The zero-order chi connectivity index (χ0) is 15.1. The summed E-state index contributed by atoms with van der Waals surface area (Å²) in [6.07, 6.45) is 2.85. The van der Waals surface area contributed by atoms with Gasteiger partial charge in [0.15, 0.2) is 0 Å². The smallest absolute Gasteiger partial charge is 0.314 e. The van der Waals surface area contributed by atoms with Crippen LogP contribution in [0.1, 0.15) is 31.4 Å². The molecule has 0 atom stereocenters. The van der Waals surface area contributed by atoms with Gasteiger partial charge in [0.1, 0.15) is 0 Å². The van der Waals surface area contributed by atoms with Crippen LogP contribution < -0.4 is 10.6 Å². The van der Waals surface area contributed by atoms with E-state index in [1.54, 1.807) is 0 Å². The average Bonchev–Trinajstić information content (AvgIpc) is 2.52. The summed E-state index contributed by atoms with van der Waals surface area (Å²) < 4.78 is 0. The molecule has 2 N–H and O–H groups in total. The Bertz CT molecular complexity index is 607. The minimum atomic E-state index is -0.0775. The third-order valence-electron chi connectivity index (χ3n) is 3.66. The molecule has 0 spiro atoms. The van der Waals surface area contributed by atoms with E-state index in [1.807, 2.05) is 6.92 Å². The molecule has 2 amide bonds. The lowest BCUT2D eigenvalue weighted by molar-refractivity contribution is 0.241. The van der Waals surface area contributed by atoms with Gasteiger partial charge in [-0.1, -0.05) is 50.2 Å². The fraction of sp³-hybridized carbons (Fsp3) is 0.389. The summed E-state index contributed by atoms with van der Waals surface area (Å²) in [5.74, 6) is 0. The van der Waals surface area contributed by atoms with E-state index in [4.69, 9.17) is 0 Å². The van der Waals surface area contributed by atoms with Crippen molar-refractivity contribution in [3.8, 4) is 0 Å². The predicted octanol–water partition coefficient (Wildman–Crippen LogP) is 3.65. The Labute approximate surface area is 126 Å². The van der Waals surface area contributed by atoms with Crippen molar-refractivity contribution in [2.45, 2.75) is 33.1 Å². The van der Waals surface area contributed by atoms with E-state index in [0.29, 0.717) is 6.54 Å². The first-order valence-electron chi connectivity index (χ1n) is 7.76. The SMILES string of the molecule is CCCNC(=O)NCCc1cccc2ccc(CC)cc12. The summed E-state index contributed by atoms with van der Waals surface area (Å²) in [5, 5.41) is 8.30. The second kappa shape index (κ2) is 7.67. The highest BCUT2D eigenvalue weighted by Gasteiger charge is 2.03. The first-order chi connectivity index (χ1) is 10.2. The van der Waals surface area contributed by atoms with Crippen LogP contribution >= 0.6 is 0 Å². The van der Waals surface area contributed by atoms with E-state index in [2.05, 4.69) is 54.0 Å². The molecule has 0 heterocycles. The van der Waals surface area contributed by atoms with Crippen molar-refractivity contribution in [3.63, 3.8) is 0 Å². The fourth-order valence-electron chi connectivity index (χ4n) is 2.43. The number of hydrogen-bond acceptors (Lipinski definition) is 1. The highest BCUT2D eigenvalue weighted by molar-refractivity contribution is 5.86. The van der Waals surface area contributed by atoms with Crippen LogP contribution in [0.25, 0.3) is 10.8 Å². The molecule has 2 aromatic rings. The van der Waals surface area contributed by atoms with Gasteiger partial charge in [-0.15, -0.1) is 0 Å². The number of urea groups is 1. The van der Waals surface area contributed by atoms with Crippen LogP contribution in [0.15, 0.2) is 36.4 Å². The van der Waals surface area contributed by atoms with Gasteiger partial charge >= 0.3 is 6.03 Å². The van der Waals surface area contributed by atoms with Gasteiger partial charge in [-0.05, 0) is 41.2 Å². The Balaban J connectivity index is 2.03. The van der Waals surface area contributed by atoms with Crippen molar-refractivity contribution in [2.75, 3.05) is 13.1 Å². The normalized spacial score (nSPS) is 10.6. The highest BCUT2D eigenvalue weighted by atomic mass is 16.2. The van der Waals surface area contributed by atoms with Gasteiger partial charge in [0.25, 0.3) is 0 Å². The Morgan fingerprint density at radius 3 is 2.62 bits per heavy atom. The summed E-state index contributed by atoms with van der Waals surface area (Å²) >= 11 is 0. The molecule has 112 valence electrons. The molecule has 0 aromatic heterocycles. The standard InChI is InChI=1S/C18H24N2O/c1-3-11-19-18(21)20-12-10-16-7-5-6-15-9-8-14(4-2)13-17(15)16/h5-9,13H,3-4,10-12H2,1-2H3,(H2,19,20,21). The molecule has 2 aromatic carbocycles. The first kappa shape index (κ1) is 15.4. The minimum Gasteiger partial charge on any atom is -0.338 e. The van der Waals surface area contributed by atoms with Gasteiger partial charge in [0.2, 0.25) is 0 Å². The lowest BCUT2D eigenvalue weighted by atomic mass is 9.99. The van der Waals surface area contributed by atoms with E-state index >= 15 is 0 Å². The molecule has 3 nitrogen and oxygen atoms in total. The lowest BCUT2D eigenvalue weighted by Crippen LogP contribution is -2.36. The Kier molecular flexibility index (Phi) is 5.61. The Morgan fingerprint density at radius 1 is 1.05 bits per heavy atom. The fourth-order valence-corrected chi connectivity index (χ4v) is 2.43. The van der Waals surface area contributed by atoms with Crippen molar-refractivity contribution in [1.82, 2.24) is 10.6 Å². The van der Waals surface area contributed by atoms with Gasteiger partial charge in [-0.2, -0.15) is 0 Å². The van der Waals surface area contributed by atoms with Crippen LogP contribution in [0, 0.1) is 0 Å². The maximum Gasteiger partial charge on any atom is 0.314 e. The second-order valence-electron chi connectivity index (χ2n) is 5.26. The molecule has 0 bridgehead atoms. The summed E-state index contributed by atoms with van der Waals surface area (Å²) in [5.41, 5.74) is 2.64. The van der Waals surface area contributed by atoms with Gasteiger partial charge in [-0.3, -0.25) is 0 Å². The van der Waals surface area contributed by atoms with Crippen LogP contribution in [0.2, 0.25) is 0 Å². The quantitative estimate of drug-likeness (QED) is 0.835. The maximum atomic E-state index is 11.5. The number of benzene rings is 2. The van der Waals surface area contributed by atoms with Crippen LogP contribution in [-0.2, 0) is 12.8 Å².